The Morgan fingerprint density at radius 1 is 1.33 bits per heavy atom. The predicted octanol–water partition coefficient (Wildman–Crippen LogP) is 1.73. The number of fused-ring (bicyclic) bond motifs is 1. The molecule has 0 saturated heterocycles. The fourth-order valence-corrected chi connectivity index (χ4v) is 3.71. The maximum Gasteiger partial charge on any atom is 0.315 e. The van der Waals surface area contributed by atoms with Crippen molar-refractivity contribution in [2.45, 2.75) is 19.5 Å². The molecule has 0 unspecified atom stereocenters. The predicted molar refractivity (Wildman–Crippen MR) is 93.7 cm³/mol. The third-order valence-electron chi connectivity index (χ3n) is 3.95. The van der Waals surface area contributed by atoms with E-state index in [1.54, 1.807) is 7.05 Å². The summed E-state index contributed by atoms with van der Waals surface area (Å²) >= 11 is 1.45. The van der Waals surface area contributed by atoms with Gasteiger partial charge in [0.2, 0.25) is 0 Å². The van der Waals surface area contributed by atoms with Crippen molar-refractivity contribution in [1.29, 1.82) is 0 Å². The van der Waals surface area contributed by atoms with Crippen LogP contribution >= 0.6 is 11.3 Å². The Hall–Kier alpha value is -2.25. The highest BCUT2D eigenvalue weighted by Crippen LogP contribution is 2.27. The van der Waals surface area contributed by atoms with E-state index in [-0.39, 0.29) is 0 Å². The summed E-state index contributed by atoms with van der Waals surface area (Å²) in [5, 5.41) is 3.14. The van der Waals surface area contributed by atoms with E-state index in [0.29, 0.717) is 11.7 Å². The highest BCUT2D eigenvalue weighted by atomic mass is 32.1. The van der Waals surface area contributed by atoms with Crippen LogP contribution in [-0.2, 0) is 29.1 Å². The molecule has 1 aliphatic heterocycles. The molecule has 0 bridgehead atoms. The molecular weight excluding hydrogens is 324 g/mol. The van der Waals surface area contributed by atoms with Crippen LogP contribution in [0.15, 0.2) is 30.3 Å². The maximum atomic E-state index is 12.2. The van der Waals surface area contributed by atoms with Gasteiger partial charge in [-0.25, -0.2) is 4.98 Å². The standard InChI is InChI=1S/C17H20N4O2S/c1-20-9-8-13-14(11-20)24-17(18-13)19-15(22)16(23)21(2)10-12-6-4-3-5-7-12/h3-7H,8-11H2,1-2H3,(H,18,19,22). The number of carbonyl (C=O) groups is 2. The average molecular weight is 344 g/mol. The van der Waals surface area contributed by atoms with Crippen molar-refractivity contribution in [1.82, 2.24) is 14.8 Å². The van der Waals surface area contributed by atoms with Crippen LogP contribution in [0.1, 0.15) is 16.1 Å². The molecule has 2 amide bonds. The summed E-state index contributed by atoms with van der Waals surface area (Å²) in [5.74, 6) is -1.21. The van der Waals surface area contributed by atoms with Crippen LogP contribution in [0.4, 0.5) is 5.13 Å². The number of hydrogen-bond donors (Lipinski definition) is 1. The third kappa shape index (κ3) is 3.80. The number of benzene rings is 1. The second-order valence-corrected chi connectivity index (χ2v) is 7.06. The smallest absolute Gasteiger partial charge is 0.315 e. The minimum Gasteiger partial charge on any atom is -0.333 e. The van der Waals surface area contributed by atoms with E-state index in [1.807, 2.05) is 30.3 Å². The number of amides is 2. The van der Waals surface area contributed by atoms with Crippen molar-refractivity contribution in [3.8, 4) is 0 Å². The molecule has 0 fully saturated rings. The molecule has 0 spiro atoms. The molecule has 2 heterocycles. The van der Waals surface area contributed by atoms with Gasteiger partial charge in [-0.15, -0.1) is 11.3 Å². The van der Waals surface area contributed by atoms with Gasteiger partial charge in [-0.2, -0.15) is 0 Å². The summed E-state index contributed by atoms with van der Waals surface area (Å²) in [4.78, 5) is 33.6. The monoisotopic (exact) mass is 344 g/mol. The summed E-state index contributed by atoms with van der Waals surface area (Å²) in [5.41, 5.74) is 2.01. The SMILES string of the molecule is CN1CCc2nc(NC(=O)C(=O)N(C)Cc3ccccc3)sc2C1. The van der Waals surface area contributed by atoms with Crippen LogP contribution in [0.5, 0.6) is 0 Å². The minimum atomic E-state index is -0.645. The molecular formula is C17H20N4O2S. The first-order valence-corrected chi connectivity index (χ1v) is 8.62. The van der Waals surface area contributed by atoms with E-state index in [9.17, 15) is 9.59 Å². The summed E-state index contributed by atoms with van der Waals surface area (Å²) < 4.78 is 0. The molecule has 1 aromatic carbocycles. The van der Waals surface area contributed by atoms with Gasteiger partial charge in [0.15, 0.2) is 5.13 Å². The second kappa shape index (κ2) is 7.11. The third-order valence-corrected chi connectivity index (χ3v) is 4.94. The molecule has 0 atom stereocenters. The van der Waals surface area contributed by atoms with Crippen molar-refractivity contribution in [3.63, 3.8) is 0 Å². The molecule has 24 heavy (non-hydrogen) atoms. The molecule has 0 radical (unpaired) electrons. The Kier molecular flexibility index (Phi) is 4.92. The molecule has 0 saturated carbocycles. The summed E-state index contributed by atoms with van der Waals surface area (Å²) in [7, 11) is 3.68. The fourth-order valence-electron chi connectivity index (χ4n) is 2.63. The summed E-state index contributed by atoms with van der Waals surface area (Å²) in [6, 6.07) is 9.58. The Labute approximate surface area is 145 Å². The summed E-state index contributed by atoms with van der Waals surface area (Å²) in [6.45, 7) is 2.19. The van der Waals surface area contributed by atoms with Crippen LogP contribution < -0.4 is 5.32 Å². The van der Waals surface area contributed by atoms with Gasteiger partial charge in [0.1, 0.15) is 0 Å². The largest absolute Gasteiger partial charge is 0.333 e. The van der Waals surface area contributed by atoms with E-state index in [1.165, 1.54) is 16.2 Å². The molecule has 1 N–H and O–H groups in total. The van der Waals surface area contributed by atoms with Crippen molar-refractivity contribution in [2.75, 3.05) is 26.0 Å². The zero-order chi connectivity index (χ0) is 17.1. The van der Waals surface area contributed by atoms with Gasteiger partial charge in [0.25, 0.3) is 0 Å². The van der Waals surface area contributed by atoms with Crippen molar-refractivity contribution in [3.05, 3.63) is 46.5 Å². The normalized spacial score (nSPS) is 14.1. The average Bonchev–Trinajstić information content (AvgIpc) is 2.96. The lowest BCUT2D eigenvalue weighted by Crippen LogP contribution is -2.36. The van der Waals surface area contributed by atoms with Crippen molar-refractivity contribution >= 4 is 28.3 Å². The van der Waals surface area contributed by atoms with Gasteiger partial charge >= 0.3 is 11.8 Å². The van der Waals surface area contributed by atoms with Gasteiger partial charge in [-0.3, -0.25) is 14.9 Å². The Bertz CT molecular complexity index is 744. The number of hydrogen-bond acceptors (Lipinski definition) is 5. The minimum absolute atomic E-state index is 0.395. The van der Waals surface area contributed by atoms with Gasteiger partial charge in [0.05, 0.1) is 5.69 Å². The van der Waals surface area contributed by atoms with E-state index in [4.69, 9.17) is 0 Å². The molecule has 7 heteroatoms. The van der Waals surface area contributed by atoms with Crippen molar-refractivity contribution in [2.24, 2.45) is 0 Å². The molecule has 2 aromatic rings. The Morgan fingerprint density at radius 3 is 2.83 bits per heavy atom. The first-order valence-electron chi connectivity index (χ1n) is 7.80. The van der Waals surface area contributed by atoms with E-state index in [2.05, 4.69) is 22.2 Å². The fraction of sp³-hybridized carbons (Fsp3) is 0.353. The number of thiazole rings is 1. The number of nitrogens with zero attached hydrogens (tertiary/aromatic N) is 3. The molecule has 0 aliphatic carbocycles. The van der Waals surface area contributed by atoms with Gasteiger partial charge in [0, 0.05) is 38.0 Å². The van der Waals surface area contributed by atoms with Gasteiger partial charge < -0.3 is 9.80 Å². The Morgan fingerprint density at radius 2 is 2.08 bits per heavy atom. The van der Waals surface area contributed by atoms with Gasteiger partial charge in [-0.05, 0) is 12.6 Å². The number of nitrogens with one attached hydrogen (secondary N) is 1. The summed E-state index contributed by atoms with van der Waals surface area (Å²) in [6.07, 6.45) is 0.875. The second-order valence-electron chi connectivity index (χ2n) is 5.98. The first-order chi connectivity index (χ1) is 11.5. The molecule has 126 valence electrons. The van der Waals surface area contributed by atoms with Crippen molar-refractivity contribution < 1.29 is 9.59 Å². The zero-order valence-electron chi connectivity index (χ0n) is 13.8. The lowest BCUT2D eigenvalue weighted by molar-refractivity contribution is -0.142. The lowest BCUT2D eigenvalue weighted by Gasteiger charge is -2.20. The number of anilines is 1. The molecule has 1 aromatic heterocycles. The highest BCUT2D eigenvalue weighted by Gasteiger charge is 2.23. The number of rotatable bonds is 3. The number of likely N-dealkylation sites (N-methyl/N-ethyl adjacent to an activating group) is 2. The van der Waals surface area contributed by atoms with Crippen LogP contribution in [0.2, 0.25) is 0 Å². The quantitative estimate of drug-likeness (QED) is 0.861. The maximum absolute atomic E-state index is 12.2. The van der Waals surface area contributed by atoms with Crippen LogP contribution in [-0.4, -0.2) is 47.2 Å². The zero-order valence-corrected chi connectivity index (χ0v) is 14.6. The highest BCUT2D eigenvalue weighted by molar-refractivity contribution is 7.16. The van der Waals surface area contributed by atoms with Crippen LogP contribution in [0.3, 0.4) is 0 Å². The molecule has 3 rings (SSSR count). The van der Waals surface area contributed by atoms with E-state index < -0.39 is 11.8 Å². The van der Waals surface area contributed by atoms with Gasteiger partial charge in [-0.1, -0.05) is 30.3 Å². The topological polar surface area (TPSA) is 65.5 Å². The van der Waals surface area contributed by atoms with E-state index >= 15 is 0 Å². The van der Waals surface area contributed by atoms with E-state index in [0.717, 1.165) is 35.6 Å². The Balaban J connectivity index is 1.61. The lowest BCUT2D eigenvalue weighted by atomic mass is 10.2. The number of aromatic nitrogens is 1. The molecule has 6 nitrogen and oxygen atoms in total. The molecule has 1 aliphatic rings. The van der Waals surface area contributed by atoms with Crippen LogP contribution in [0, 0.1) is 0 Å². The van der Waals surface area contributed by atoms with Crippen LogP contribution in [0.25, 0.3) is 0 Å². The number of carbonyl (C=O) groups excluding carboxylic acids is 2. The first kappa shape index (κ1) is 16.6.